The Hall–Kier alpha value is -1.35. The zero-order valence-corrected chi connectivity index (χ0v) is 9.44. The molecule has 1 aromatic heterocycles. The molecule has 3 rings (SSSR count). The van der Waals surface area contributed by atoms with Gasteiger partial charge < -0.3 is 10.1 Å². The van der Waals surface area contributed by atoms with Crippen molar-refractivity contribution in [2.75, 3.05) is 7.11 Å². The Morgan fingerprint density at radius 3 is 3.06 bits per heavy atom. The van der Waals surface area contributed by atoms with Crippen molar-refractivity contribution >= 4 is 6.08 Å². The van der Waals surface area contributed by atoms with Crippen molar-refractivity contribution < 1.29 is 4.74 Å². The highest BCUT2D eigenvalue weighted by atomic mass is 16.5. The minimum absolute atomic E-state index is 0.608. The number of pyridine rings is 1. The third kappa shape index (κ3) is 1.71. The van der Waals surface area contributed by atoms with Crippen LogP contribution < -0.4 is 10.1 Å². The molecule has 3 nitrogen and oxygen atoms in total. The molecular weight excluding hydrogens is 200 g/mol. The fourth-order valence-corrected chi connectivity index (χ4v) is 2.70. The fraction of sp³-hybridized carbons (Fsp3) is 0.462. The largest absolute Gasteiger partial charge is 0.495 e. The van der Waals surface area contributed by atoms with E-state index in [0.29, 0.717) is 6.04 Å². The first kappa shape index (κ1) is 9.85. The molecule has 2 aliphatic rings. The highest BCUT2D eigenvalue weighted by molar-refractivity contribution is 5.56. The monoisotopic (exact) mass is 216 g/mol. The number of methoxy groups -OCH3 is 1. The summed E-state index contributed by atoms with van der Waals surface area (Å²) < 4.78 is 5.17. The number of rotatable bonds is 2. The maximum atomic E-state index is 5.17. The van der Waals surface area contributed by atoms with Gasteiger partial charge in [-0.2, -0.15) is 0 Å². The Balaban J connectivity index is 1.85. The lowest BCUT2D eigenvalue weighted by atomic mass is 9.93. The molecule has 1 aromatic rings. The van der Waals surface area contributed by atoms with E-state index in [2.05, 4.69) is 16.4 Å². The number of hydrogen-bond acceptors (Lipinski definition) is 3. The summed E-state index contributed by atoms with van der Waals surface area (Å²) in [5.74, 6) is 0.825. The van der Waals surface area contributed by atoms with E-state index in [9.17, 15) is 0 Å². The van der Waals surface area contributed by atoms with Crippen LogP contribution in [0, 0.1) is 0 Å². The van der Waals surface area contributed by atoms with E-state index >= 15 is 0 Å². The number of aromatic nitrogens is 1. The Bertz CT molecular complexity index is 428. The highest BCUT2D eigenvalue weighted by Crippen LogP contribution is 2.33. The van der Waals surface area contributed by atoms with Crippen molar-refractivity contribution in [1.29, 1.82) is 0 Å². The first-order valence-electron chi connectivity index (χ1n) is 5.81. The molecule has 0 spiro atoms. The van der Waals surface area contributed by atoms with Crippen LogP contribution >= 0.6 is 0 Å². The summed E-state index contributed by atoms with van der Waals surface area (Å²) in [7, 11) is 1.67. The second-order valence-electron chi connectivity index (χ2n) is 4.58. The average Bonchev–Trinajstić information content (AvgIpc) is 2.91. The zero-order valence-electron chi connectivity index (χ0n) is 9.44. The summed E-state index contributed by atoms with van der Waals surface area (Å²) in [4.78, 5) is 4.17. The second-order valence-corrected chi connectivity index (χ2v) is 4.58. The van der Waals surface area contributed by atoms with Crippen LogP contribution in [0.5, 0.6) is 5.75 Å². The molecule has 0 aliphatic carbocycles. The molecule has 0 aromatic carbocycles. The highest BCUT2D eigenvalue weighted by Gasteiger charge is 2.34. The van der Waals surface area contributed by atoms with Crippen molar-refractivity contribution in [1.82, 2.24) is 10.3 Å². The van der Waals surface area contributed by atoms with E-state index in [0.717, 1.165) is 17.4 Å². The summed E-state index contributed by atoms with van der Waals surface area (Å²) >= 11 is 0. The molecule has 0 radical (unpaired) electrons. The van der Waals surface area contributed by atoms with Crippen molar-refractivity contribution in [2.24, 2.45) is 0 Å². The van der Waals surface area contributed by atoms with E-state index < -0.39 is 0 Å². The van der Waals surface area contributed by atoms with Crippen molar-refractivity contribution in [3.05, 3.63) is 29.6 Å². The lowest BCUT2D eigenvalue weighted by Crippen LogP contribution is -2.18. The summed E-state index contributed by atoms with van der Waals surface area (Å²) in [5.41, 5.74) is 2.66. The minimum Gasteiger partial charge on any atom is -0.495 e. The number of ether oxygens (including phenoxy) is 1. The lowest BCUT2D eigenvalue weighted by molar-refractivity contribution is 0.413. The predicted octanol–water partition coefficient (Wildman–Crippen LogP) is 2.00. The van der Waals surface area contributed by atoms with E-state index in [1.165, 1.54) is 24.8 Å². The summed E-state index contributed by atoms with van der Waals surface area (Å²) in [6.45, 7) is 0. The molecule has 3 heteroatoms. The molecule has 0 saturated carbocycles. The van der Waals surface area contributed by atoms with Crippen LogP contribution in [-0.4, -0.2) is 24.2 Å². The summed E-state index contributed by atoms with van der Waals surface area (Å²) in [6, 6.07) is 3.36. The normalized spacial score (nSPS) is 29.9. The van der Waals surface area contributed by atoms with Gasteiger partial charge in [-0.05, 0) is 30.9 Å². The third-order valence-electron chi connectivity index (χ3n) is 3.49. The molecule has 2 bridgehead atoms. The molecule has 3 heterocycles. The average molecular weight is 216 g/mol. The summed E-state index contributed by atoms with van der Waals surface area (Å²) in [5, 5.41) is 3.61. The molecule has 0 amide bonds. The molecule has 16 heavy (non-hydrogen) atoms. The standard InChI is InChI=1S/C13H16N2O/c1-16-12-5-9(7-14-8-12)4-10-6-11-2-3-13(10)15-11/h4-5,7-8,11,13,15H,2-3,6H2,1H3. The number of hydrogen-bond donors (Lipinski definition) is 1. The topological polar surface area (TPSA) is 34.1 Å². The maximum Gasteiger partial charge on any atom is 0.137 e. The van der Waals surface area contributed by atoms with Gasteiger partial charge in [-0.3, -0.25) is 4.98 Å². The minimum atomic E-state index is 0.608. The quantitative estimate of drug-likeness (QED) is 0.821. The smallest absolute Gasteiger partial charge is 0.137 e. The van der Waals surface area contributed by atoms with Gasteiger partial charge in [-0.25, -0.2) is 0 Å². The number of nitrogens with zero attached hydrogens (tertiary/aromatic N) is 1. The maximum absolute atomic E-state index is 5.17. The van der Waals surface area contributed by atoms with Gasteiger partial charge in [-0.15, -0.1) is 0 Å². The molecule has 1 N–H and O–H groups in total. The SMILES string of the molecule is COc1cncc(C=C2CC3CCC2N3)c1. The van der Waals surface area contributed by atoms with E-state index in [1.54, 1.807) is 13.3 Å². The second kappa shape index (κ2) is 3.91. The molecule has 2 atom stereocenters. The third-order valence-corrected chi connectivity index (χ3v) is 3.49. The summed E-state index contributed by atoms with van der Waals surface area (Å²) in [6.07, 6.45) is 9.70. The van der Waals surface area contributed by atoms with Gasteiger partial charge in [0.15, 0.2) is 0 Å². The lowest BCUT2D eigenvalue weighted by Gasteiger charge is -2.11. The Labute approximate surface area is 95.5 Å². The van der Waals surface area contributed by atoms with Gasteiger partial charge in [0.05, 0.1) is 13.3 Å². The van der Waals surface area contributed by atoms with Crippen LogP contribution in [0.3, 0.4) is 0 Å². The van der Waals surface area contributed by atoms with Crippen LogP contribution in [0.15, 0.2) is 24.0 Å². The zero-order chi connectivity index (χ0) is 11.0. The van der Waals surface area contributed by atoms with E-state index in [-0.39, 0.29) is 0 Å². The van der Waals surface area contributed by atoms with Gasteiger partial charge >= 0.3 is 0 Å². The molecule has 84 valence electrons. The number of fused-ring (bicyclic) bond motifs is 2. The van der Waals surface area contributed by atoms with Crippen molar-refractivity contribution in [3.63, 3.8) is 0 Å². The van der Waals surface area contributed by atoms with Crippen LogP contribution in [0.1, 0.15) is 24.8 Å². The first-order chi connectivity index (χ1) is 7.85. The molecule has 2 saturated heterocycles. The Morgan fingerprint density at radius 2 is 2.38 bits per heavy atom. The molecule has 2 unspecified atom stereocenters. The van der Waals surface area contributed by atoms with Gasteiger partial charge in [-0.1, -0.05) is 11.6 Å². The Kier molecular flexibility index (Phi) is 2.40. The molecule has 2 aliphatic heterocycles. The van der Waals surface area contributed by atoms with Crippen LogP contribution in [-0.2, 0) is 0 Å². The van der Waals surface area contributed by atoms with Gasteiger partial charge in [0.25, 0.3) is 0 Å². The van der Waals surface area contributed by atoms with Gasteiger partial charge in [0.1, 0.15) is 5.75 Å². The van der Waals surface area contributed by atoms with Crippen LogP contribution in [0.4, 0.5) is 0 Å². The van der Waals surface area contributed by atoms with Gasteiger partial charge in [0, 0.05) is 18.3 Å². The Morgan fingerprint density at radius 1 is 1.44 bits per heavy atom. The van der Waals surface area contributed by atoms with E-state index in [1.807, 2.05) is 12.3 Å². The van der Waals surface area contributed by atoms with Crippen molar-refractivity contribution in [3.8, 4) is 5.75 Å². The van der Waals surface area contributed by atoms with E-state index in [4.69, 9.17) is 4.74 Å². The van der Waals surface area contributed by atoms with Gasteiger partial charge in [0.2, 0.25) is 0 Å². The van der Waals surface area contributed by atoms with Crippen LogP contribution in [0.25, 0.3) is 6.08 Å². The molecule has 2 fully saturated rings. The van der Waals surface area contributed by atoms with Crippen LogP contribution in [0.2, 0.25) is 0 Å². The predicted molar refractivity (Wildman–Crippen MR) is 63.3 cm³/mol. The molecular formula is C13H16N2O. The number of nitrogens with one attached hydrogen (secondary N) is 1. The fourth-order valence-electron chi connectivity index (χ4n) is 2.70. The van der Waals surface area contributed by atoms with Crippen molar-refractivity contribution in [2.45, 2.75) is 31.3 Å². The first-order valence-corrected chi connectivity index (χ1v) is 5.81.